The van der Waals surface area contributed by atoms with Crippen LogP contribution in [0.5, 0.6) is 0 Å². The van der Waals surface area contributed by atoms with Gasteiger partial charge in [-0.3, -0.25) is 14.4 Å². The van der Waals surface area contributed by atoms with Crippen molar-refractivity contribution in [2.45, 2.75) is 19.3 Å². The molecule has 0 aromatic rings. The first-order chi connectivity index (χ1) is 12.0. The van der Waals surface area contributed by atoms with Crippen molar-refractivity contribution in [2.24, 2.45) is 0 Å². The summed E-state index contributed by atoms with van der Waals surface area (Å²) in [5, 5.41) is 0. The molecule has 0 aliphatic rings. The summed E-state index contributed by atoms with van der Waals surface area (Å²) < 4.78 is 16.3. The van der Waals surface area contributed by atoms with E-state index in [1.54, 1.807) is 0 Å². The van der Waals surface area contributed by atoms with E-state index in [4.69, 9.17) is 14.2 Å². The van der Waals surface area contributed by atoms with Gasteiger partial charge in [-0.1, -0.05) is 67.8 Å². The van der Waals surface area contributed by atoms with Crippen LogP contribution in [0.4, 0.5) is 0 Å². The van der Waals surface area contributed by atoms with Gasteiger partial charge in [-0.15, -0.1) is 0 Å². The smallest absolute Gasteiger partial charge is 0.315 e. The summed E-state index contributed by atoms with van der Waals surface area (Å²) in [6.07, 6.45) is 2.22. The fourth-order valence-corrected chi connectivity index (χ4v) is 2.53. The molecule has 25 heavy (non-hydrogen) atoms. The molecule has 0 aliphatic heterocycles. The number of hydrogen-bond acceptors (Lipinski definition) is 7. The van der Waals surface area contributed by atoms with Crippen LogP contribution in [0.25, 0.3) is 0 Å². The fourth-order valence-electron chi connectivity index (χ4n) is 1.87. The van der Waals surface area contributed by atoms with E-state index < -0.39 is 0 Å². The molecule has 0 saturated carbocycles. The van der Waals surface area contributed by atoms with Crippen molar-refractivity contribution in [3.63, 3.8) is 0 Å². The van der Waals surface area contributed by atoms with E-state index in [2.05, 4.69) is 4.90 Å². The number of alkyl halides is 3. The van der Waals surface area contributed by atoms with Gasteiger partial charge in [0.2, 0.25) is 0 Å². The van der Waals surface area contributed by atoms with Crippen LogP contribution in [-0.2, 0) is 28.6 Å². The van der Waals surface area contributed by atoms with Crippen LogP contribution < -0.4 is 0 Å². The highest BCUT2D eigenvalue weighted by atomic mass is 127. The van der Waals surface area contributed by atoms with E-state index in [1.807, 2.05) is 67.8 Å². The molecule has 0 bridgehead atoms. The molecular formula is C15H24I3NO6. The minimum atomic E-state index is -0.205. The van der Waals surface area contributed by atoms with Crippen molar-refractivity contribution in [1.29, 1.82) is 0 Å². The summed E-state index contributed by atoms with van der Waals surface area (Å²) in [5.74, 6) is -0.615. The summed E-state index contributed by atoms with van der Waals surface area (Å²) >= 11 is 5.91. The molecule has 10 heteroatoms. The second-order valence-corrected chi connectivity index (χ2v) is 7.25. The lowest BCUT2D eigenvalue weighted by molar-refractivity contribution is -0.141. The molecule has 7 nitrogen and oxygen atoms in total. The lowest BCUT2D eigenvalue weighted by atomic mass is 10.3. The number of carbonyl (C=O) groups excluding carboxylic acids is 3. The number of ether oxygens (including phenoxy) is 3. The largest absolute Gasteiger partial charge is 0.465 e. The summed E-state index contributed by atoms with van der Waals surface area (Å²) in [4.78, 5) is 35.6. The molecule has 0 amide bonds. The zero-order valence-corrected chi connectivity index (χ0v) is 20.5. The number of hydrogen-bond donors (Lipinski definition) is 0. The predicted octanol–water partition coefficient (Wildman–Crippen LogP) is 2.39. The minimum absolute atomic E-state index is 0.205. The first-order valence-electron chi connectivity index (χ1n) is 7.90. The quantitative estimate of drug-likeness (QED) is 0.0857. The second-order valence-electron chi connectivity index (χ2n) is 4.96. The van der Waals surface area contributed by atoms with Gasteiger partial charge in [0.15, 0.2) is 0 Å². The zero-order chi connectivity index (χ0) is 18.9. The van der Waals surface area contributed by atoms with Gasteiger partial charge in [0, 0.05) is 19.6 Å². The van der Waals surface area contributed by atoms with Crippen LogP contribution >= 0.6 is 67.8 Å². The van der Waals surface area contributed by atoms with Crippen molar-refractivity contribution >= 4 is 85.7 Å². The number of carbonyl (C=O) groups is 3. The van der Waals surface area contributed by atoms with E-state index in [-0.39, 0.29) is 17.9 Å². The normalized spacial score (nSPS) is 10.6. The average molecular weight is 695 g/mol. The van der Waals surface area contributed by atoms with Gasteiger partial charge in [0.05, 0.1) is 33.1 Å². The van der Waals surface area contributed by atoms with Crippen LogP contribution in [-0.4, -0.2) is 75.5 Å². The van der Waals surface area contributed by atoms with Gasteiger partial charge in [-0.25, -0.2) is 0 Å². The third kappa shape index (κ3) is 16.5. The van der Waals surface area contributed by atoms with E-state index in [0.29, 0.717) is 33.1 Å². The molecular weight excluding hydrogens is 671 g/mol. The molecule has 0 fully saturated rings. The zero-order valence-electron chi connectivity index (χ0n) is 14.0. The van der Waals surface area contributed by atoms with E-state index in [0.717, 1.165) is 38.9 Å². The van der Waals surface area contributed by atoms with E-state index in [9.17, 15) is 14.4 Å². The van der Waals surface area contributed by atoms with Crippen molar-refractivity contribution in [3.05, 3.63) is 0 Å². The summed E-state index contributed by atoms with van der Waals surface area (Å²) in [5.41, 5.74) is 0. The topological polar surface area (TPSA) is 82.1 Å². The molecule has 0 spiro atoms. The SMILES string of the molecule is O=C(CI)OCCCN(CCCOC(=O)CI)CCCOC(=O)CI. The van der Waals surface area contributed by atoms with E-state index >= 15 is 0 Å². The van der Waals surface area contributed by atoms with Crippen molar-refractivity contribution in [2.75, 3.05) is 52.7 Å². The maximum Gasteiger partial charge on any atom is 0.315 e. The van der Waals surface area contributed by atoms with Gasteiger partial charge in [-0.2, -0.15) is 0 Å². The number of esters is 3. The molecule has 0 heterocycles. The van der Waals surface area contributed by atoms with Crippen LogP contribution in [0, 0.1) is 0 Å². The van der Waals surface area contributed by atoms with Crippen LogP contribution in [0.1, 0.15) is 19.3 Å². The lowest BCUT2D eigenvalue weighted by Crippen LogP contribution is -2.30. The minimum Gasteiger partial charge on any atom is -0.465 e. The van der Waals surface area contributed by atoms with Crippen LogP contribution in [0.15, 0.2) is 0 Å². The molecule has 0 saturated heterocycles. The molecule has 0 aromatic carbocycles. The molecule has 0 atom stereocenters. The third-order valence-corrected chi connectivity index (χ3v) is 4.84. The lowest BCUT2D eigenvalue weighted by Gasteiger charge is -2.22. The Balaban J connectivity index is 4.05. The first-order valence-corrected chi connectivity index (χ1v) is 12.5. The number of rotatable bonds is 15. The fraction of sp³-hybridized carbons (Fsp3) is 0.800. The Labute approximate surface area is 189 Å². The van der Waals surface area contributed by atoms with Gasteiger partial charge in [0.1, 0.15) is 0 Å². The number of halogens is 3. The van der Waals surface area contributed by atoms with E-state index in [1.165, 1.54) is 0 Å². The van der Waals surface area contributed by atoms with Crippen LogP contribution in [0.3, 0.4) is 0 Å². The maximum absolute atomic E-state index is 11.1. The summed E-state index contributed by atoms with van der Waals surface area (Å²) in [7, 11) is 0. The molecule has 0 unspecified atom stereocenters. The van der Waals surface area contributed by atoms with Gasteiger partial charge < -0.3 is 19.1 Å². The molecule has 0 rings (SSSR count). The molecule has 0 N–H and O–H groups in total. The number of nitrogens with zero attached hydrogens (tertiary/aromatic N) is 1. The highest BCUT2D eigenvalue weighted by Crippen LogP contribution is 2.00. The molecule has 146 valence electrons. The average Bonchev–Trinajstić information content (AvgIpc) is 2.63. The summed E-state index contributed by atoms with van der Waals surface area (Å²) in [6.45, 7) is 3.50. The Morgan fingerprint density at radius 3 is 1.12 bits per heavy atom. The first kappa shape index (κ1) is 25.6. The van der Waals surface area contributed by atoms with Gasteiger partial charge in [-0.05, 0) is 19.3 Å². The highest BCUT2D eigenvalue weighted by Gasteiger charge is 2.08. The Morgan fingerprint density at radius 1 is 0.600 bits per heavy atom. The van der Waals surface area contributed by atoms with Crippen molar-refractivity contribution < 1.29 is 28.6 Å². The standard InChI is InChI=1S/C15H24I3NO6/c16-10-13(20)23-7-1-4-19(5-2-8-24-14(21)11-17)6-3-9-25-15(22)12-18/h1-12H2. The molecule has 0 aromatic heterocycles. The monoisotopic (exact) mass is 695 g/mol. The van der Waals surface area contributed by atoms with Crippen LogP contribution in [0.2, 0.25) is 0 Å². The predicted molar refractivity (Wildman–Crippen MR) is 120 cm³/mol. The highest BCUT2D eigenvalue weighted by molar-refractivity contribution is 14.1. The Morgan fingerprint density at radius 2 is 0.880 bits per heavy atom. The molecule has 0 aliphatic carbocycles. The second kappa shape index (κ2) is 17.9. The molecule has 0 radical (unpaired) electrons. The Bertz CT molecular complexity index is 340. The summed E-state index contributed by atoms with van der Waals surface area (Å²) in [6, 6.07) is 0. The Hall–Kier alpha value is 0.560. The van der Waals surface area contributed by atoms with Gasteiger partial charge in [0.25, 0.3) is 0 Å². The maximum atomic E-state index is 11.1. The van der Waals surface area contributed by atoms with Crippen molar-refractivity contribution in [3.8, 4) is 0 Å². The third-order valence-electron chi connectivity index (χ3n) is 2.97. The van der Waals surface area contributed by atoms with Gasteiger partial charge >= 0.3 is 17.9 Å². The Kier molecular flexibility index (Phi) is 18.4. The van der Waals surface area contributed by atoms with Crippen molar-refractivity contribution in [1.82, 2.24) is 4.90 Å².